The minimum absolute atomic E-state index is 0.0304. The van der Waals surface area contributed by atoms with Gasteiger partial charge in [0.1, 0.15) is 5.69 Å². The van der Waals surface area contributed by atoms with Crippen LogP contribution in [0.15, 0.2) is 47.5 Å². The molecule has 2 aromatic rings. The van der Waals surface area contributed by atoms with Crippen molar-refractivity contribution in [2.45, 2.75) is 4.90 Å². The molecule has 0 aliphatic heterocycles. The number of halogens is 1. The van der Waals surface area contributed by atoms with Crippen LogP contribution in [0.3, 0.4) is 0 Å². The quantitative estimate of drug-likeness (QED) is 0.835. The number of hydrazine groups is 1. The molecule has 0 bridgehead atoms. The number of nitrogens with one attached hydrogen (secondary N) is 2. The van der Waals surface area contributed by atoms with Crippen molar-refractivity contribution in [2.24, 2.45) is 7.05 Å². The predicted octanol–water partition coefficient (Wildman–Crippen LogP) is 1.30. The van der Waals surface area contributed by atoms with E-state index >= 15 is 0 Å². The van der Waals surface area contributed by atoms with E-state index in [-0.39, 0.29) is 4.90 Å². The van der Waals surface area contributed by atoms with Gasteiger partial charge in [-0.1, -0.05) is 17.7 Å². The molecule has 1 aromatic heterocycles. The zero-order valence-corrected chi connectivity index (χ0v) is 12.1. The molecule has 1 aromatic carbocycles. The topological polar surface area (TPSA) is 80.2 Å². The number of sulfonamides is 1. The van der Waals surface area contributed by atoms with E-state index in [4.69, 9.17) is 11.6 Å². The minimum atomic E-state index is -3.86. The summed E-state index contributed by atoms with van der Waals surface area (Å²) in [5, 5.41) is 0.293. The Morgan fingerprint density at radius 2 is 2.00 bits per heavy atom. The average molecular weight is 314 g/mol. The summed E-state index contributed by atoms with van der Waals surface area (Å²) in [4.78, 5) is 13.8. The molecule has 0 spiro atoms. The first-order valence-corrected chi connectivity index (χ1v) is 7.45. The van der Waals surface area contributed by atoms with Crippen LogP contribution in [-0.4, -0.2) is 18.9 Å². The maximum atomic E-state index is 12.0. The predicted molar refractivity (Wildman–Crippen MR) is 74.7 cm³/mol. The van der Waals surface area contributed by atoms with Crippen molar-refractivity contribution in [1.29, 1.82) is 0 Å². The molecule has 0 aliphatic rings. The van der Waals surface area contributed by atoms with Crippen molar-refractivity contribution in [3.63, 3.8) is 0 Å². The maximum absolute atomic E-state index is 12.0. The third-order valence-corrected chi connectivity index (χ3v) is 4.06. The van der Waals surface area contributed by atoms with E-state index < -0.39 is 15.9 Å². The van der Waals surface area contributed by atoms with Gasteiger partial charge in [-0.3, -0.25) is 10.2 Å². The molecule has 2 rings (SSSR count). The second-order valence-electron chi connectivity index (χ2n) is 4.02. The van der Waals surface area contributed by atoms with E-state index in [1.807, 2.05) is 4.83 Å². The van der Waals surface area contributed by atoms with Crippen molar-refractivity contribution < 1.29 is 13.2 Å². The van der Waals surface area contributed by atoms with E-state index in [0.29, 0.717) is 10.7 Å². The zero-order chi connectivity index (χ0) is 14.8. The van der Waals surface area contributed by atoms with Crippen LogP contribution < -0.4 is 10.3 Å². The van der Waals surface area contributed by atoms with Crippen LogP contribution >= 0.6 is 11.6 Å². The number of rotatable bonds is 4. The smallest absolute Gasteiger partial charge is 0.282 e. The Morgan fingerprint density at radius 3 is 2.60 bits per heavy atom. The maximum Gasteiger partial charge on any atom is 0.282 e. The zero-order valence-electron chi connectivity index (χ0n) is 10.5. The van der Waals surface area contributed by atoms with Crippen LogP contribution in [0.5, 0.6) is 0 Å². The van der Waals surface area contributed by atoms with Gasteiger partial charge in [-0.05, 0) is 30.3 Å². The highest BCUT2D eigenvalue weighted by Gasteiger charge is 2.16. The highest BCUT2D eigenvalue weighted by atomic mass is 35.5. The summed E-state index contributed by atoms with van der Waals surface area (Å²) in [5.41, 5.74) is 2.48. The second kappa shape index (κ2) is 5.66. The van der Waals surface area contributed by atoms with Crippen molar-refractivity contribution in [3.05, 3.63) is 53.3 Å². The molecule has 0 unspecified atom stereocenters. The summed E-state index contributed by atoms with van der Waals surface area (Å²) in [7, 11) is -2.18. The van der Waals surface area contributed by atoms with E-state index in [1.165, 1.54) is 18.2 Å². The lowest BCUT2D eigenvalue weighted by atomic mass is 10.4. The van der Waals surface area contributed by atoms with Gasteiger partial charge in [0.2, 0.25) is 0 Å². The van der Waals surface area contributed by atoms with Gasteiger partial charge < -0.3 is 4.57 Å². The molecule has 0 aliphatic carbocycles. The minimum Gasteiger partial charge on any atom is -0.347 e. The van der Waals surface area contributed by atoms with Crippen molar-refractivity contribution in [2.75, 3.05) is 0 Å². The largest absolute Gasteiger partial charge is 0.347 e. The summed E-state index contributed by atoms with van der Waals surface area (Å²) in [6, 6.07) is 8.99. The van der Waals surface area contributed by atoms with Crippen LogP contribution in [0, 0.1) is 0 Å². The molecular weight excluding hydrogens is 302 g/mol. The lowest BCUT2D eigenvalue weighted by Crippen LogP contribution is -2.42. The van der Waals surface area contributed by atoms with E-state index in [9.17, 15) is 13.2 Å². The number of amides is 1. The summed E-state index contributed by atoms with van der Waals surface area (Å²) >= 11 is 5.73. The van der Waals surface area contributed by atoms with Gasteiger partial charge >= 0.3 is 0 Å². The lowest BCUT2D eigenvalue weighted by Gasteiger charge is -2.09. The molecular formula is C12H12ClN3O3S. The van der Waals surface area contributed by atoms with Crippen molar-refractivity contribution in [1.82, 2.24) is 14.8 Å². The number of hydrogen-bond donors (Lipinski definition) is 2. The van der Waals surface area contributed by atoms with Gasteiger partial charge in [-0.2, -0.15) is 0 Å². The Labute approximate surface area is 121 Å². The molecule has 8 heteroatoms. The van der Waals surface area contributed by atoms with Crippen LogP contribution in [0.2, 0.25) is 5.02 Å². The van der Waals surface area contributed by atoms with Crippen molar-refractivity contribution >= 4 is 27.5 Å². The third-order valence-electron chi connectivity index (χ3n) is 2.58. The fraction of sp³-hybridized carbons (Fsp3) is 0.0833. The fourth-order valence-corrected chi connectivity index (χ4v) is 2.71. The Bertz CT molecular complexity index is 740. The standard InChI is InChI=1S/C12H12ClN3O3S/c1-16-7-3-6-11(16)12(17)14-15-20(18,19)10-5-2-4-9(13)8-10/h2-8,15H,1H3,(H,14,17). The molecule has 1 heterocycles. The molecule has 0 radical (unpaired) electrons. The first kappa shape index (κ1) is 14.6. The Hall–Kier alpha value is -1.83. The van der Waals surface area contributed by atoms with Gasteiger partial charge in [-0.15, -0.1) is 4.83 Å². The van der Waals surface area contributed by atoms with Crippen LogP contribution in [0.1, 0.15) is 10.5 Å². The van der Waals surface area contributed by atoms with Gasteiger partial charge in [0.15, 0.2) is 0 Å². The number of aryl methyl sites for hydroxylation is 1. The number of carbonyl (C=O) groups excluding carboxylic acids is 1. The van der Waals surface area contributed by atoms with Gasteiger partial charge in [0.25, 0.3) is 15.9 Å². The number of hydrogen-bond acceptors (Lipinski definition) is 3. The first-order chi connectivity index (χ1) is 9.40. The molecule has 2 N–H and O–H groups in total. The van der Waals surface area contributed by atoms with Gasteiger partial charge in [-0.25, -0.2) is 8.42 Å². The van der Waals surface area contributed by atoms with Gasteiger partial charge in [0.05, 0.1) is 4.90 Å². The Balaban J connectivity index is 2.11. The van der Waals surface area contributed by atoms with Crippen LogP contribution in [0.4, 0.5) is 0 Å². The monoisotopic (exact) mass is 313 g/mol. The highest BCUT2D eigenvalue weighted by Crippen LogP contribution is 2.14. The number of carbonyl (C=O) groups is 1. The van der Waals surface area contributed by atoms with Crippen LogP contribution in [-0.2, 0) is 17.1 Å². The van der Waals surface area contributed by atoms with E-state index in [0.717, 1.165) is 0 Å². The Morgan fingerprint density at radius 1 is 1.25 bits per heavy atom. The normalized spacial score (nSPS) is 11.3. The van der Waals surface area contributed by atoms with Crippen LogP contribution in [0.25, 0.3) is 0 Å². The summed E-state index contributed by atoms with van der Waals surface area (Å²) < 4.78 is 25.5. The third kappa shape index (κ3) is 3.19. The average Bonchev–Trinajstić information content (AvgIpc) is 2.82. The van der Waals surface area contributed by atoms with Gasteiger partial charge in [0, 0.05) is 18.3 Å². The summed E-state index contributed by atoms with van der Waals surface area (Å²) in [5.74, 6) is -0.553. The van der Waals surface area contributed by atoms with E-state index in [2.05, 4.69) is 5.43 Å². The molecule has 0 saturated carbocycles. The number of aromatic nitrogens is 1. The summed E-state index contributed by atoms with van der Waals surface area (Å²) in [6.07, 6.45) is 1.68. The molecule has 0 atom stereocenters. The van der Waals surface area contributed by atoms with E-state index in [1.54, 1.807) is 36.0 Å². The SMILES string of the molecule is Cn1cccc1C(=O)NNS(=O)(=O)c1cccc(Cl)c1. The number of nitrogens with zero attached hydrogens (tertiary/aromatic N) is 1. The van der Waals surface area contributed by atoms with Crippen molar-refractivity contribution in [3.8, 4) is 0 Å². The summed E-state index contributed by atoms with van der Waals surface area (Å²) in [6.45, 7) is 0. The second-order valence-corrected chi connectivity index (χ2v) is 6.14. The Kier molecular flexibility index (Phi) is 4.12. The molecule has 106 valence electrons. The first-order valence-electron chi connectivity index (χ1n) is 5.59. The highest BCUT2D eigenvalue weighted by molar-refractivity contribution is 7.89. The molecule has 0 fully saturated rings. The fourth-order valence-electron chi connectivity index (χ4n) is 1.57. The molecule has 1 amide bonds. The lowest BCUT2D eigenvalue weighted by molar-refractivity contribution is 0.0937. The molecule has 20 heavy (non-hydrogen) atoms. The molecule has 6 nitrogen and oxygen atoms in total. The molecule has 0 saturated heterocycles. The number of benzene rings is 1.